The Bertz CT molecular complexity index is 897. The Kier molecular flexibility index (Phi) is 6.11. The van der Waals surface area contributed by atoms with E-state index in [2.05, 4.69) is 45.3 Å². The number of carbonyl (C=O) groups is 1. The molecular weight excluding hydrogens is 414 g/mol. The molecule has 26 heavy (non-hydrogen) atoms. The van der Waals surface area contributed by atoms with Crippen molar-refractivity contribution in [3.05, 3.63) is 58.6 Å². The number of halogens is 1. The van der Waals surface area contributed by atoms with E-state index in [0.29, 0.717) is 17.0 Å². The van der Waals surface area contributed by atoms with Crippen LogP contribution in [0, 0.1) is 0 Å². The Morgan fingerprint density at radius 3 is 2.69 bits per heavy atom. The fourth-order valence-electron chi connectivity index (χ4n) is 2.40. The second-order valence-corrected chi connectivity index (χ2v) is 7.80. The van der Waals surface area contributed by atoms with E-state index in [1.54, 1.807) is 0 Å². The molecule has 5 nitrogen and oxygen atoms in total. The first-order valence-corrected chi connectivity index (χ1v) is 9.92. The van der Waals surface area contributed by atoms with Gasteiger partial charge in [-0.25, -0.2) is 0 Å². The number of hydrogen-bond acceptors (Lipinski definition) is 5. The van der Waals surface area contributed by atoms with E-state index in [4.69, 9.17) is 4.42 Å². The van der Waals surface area contributed by atoms with Crippen molar-refractivity contribution in [2.75, 3.05) is 11.1 Å². The molecule has 0 fully saturated rings. The van der Waals surface area contributed by atoms with Crippen LogP contribution in [0.4, 0.5) is 5.69 Å². The Labute approximate surface area is 164 Å². The number of anilines is 1. The maximum atomic E-state index is 12.3. The smallest absolute Gasteiger partial charge is 0.277 e. The van der Waals surface area contributed by atoms with Crippen LogP contribution in [0.15, 0.2) is 62.6 Å². The van der Waals surface area contributed by atoms with Crippen molar-refractivity contribution in [1.82, 2.24) is 10.2 Å². The Morgan fingerprint density at radius 2 is 1.96 bits per heavy atom. The predicted octanol–water partition coefficient (Wildman–Crippen LogP) is 5.35. The van der Waals surface area contributed by atoms with Crippen molar-refractivity contribution < 1.29 is 9.21 Å². The molecule has 0 atom stereocenters. The van der Waals surface area contributed by atoms with Gasteiger partial charge in [0.1, 0.15) is 0 Å². The molecule has 1 N–H and O–H groups in total. The Hall–Kier alpha value is -2.12. The van der Waals surface area contributed by atoms with Gasteiger partial charge >= 0.3 is 0 Å². The van der Waals surface area contributed by atoms with Crippen molar-refractivity contribution in [3.63, 3.8) is 0 Å². The number of nitrogens with zero attached hydrogens (tertiary/aromatic N) is 2. The maximum absolute atomic E-state index is 12.3. The third kappa shape index (κ3) is 4.74. The van der Waals surface area contributed by atoms with Crippen LogP contribution in [0.2, 0.25) is 0 Å². The fourth-order valence-corrected chi connectivity index (χ4v) is 3.35. The summed E-state index contributed by atoms with van der Waals surface area (Å²) >= 11 is 4.69. The van der Waals surface area contributed by atoms with E-state index >= 15 is 0 Å². The first-order chi connectivity index (χ1) is 12.5. The highest BCUT2D eigenvalue weighted by molar-refractivity contribution is 9.10. The zero-order chi connectivity index (χ0) is 18.5. The molecule has 0 bridgehead atoms. The monoisotopic (exact) mass is 431 g/mol. The summed E-state index contributed by atoms with van der Waals surface area (Å²) in [5.41, 5.74) is 2.76. The van der Waals surface area contributed by atoms with Crippen molar-refractivity contribution in [3.8, 4) is 11.5 Å². The van der Waals surface area contributed by atoms with Crippen LogP contribution in [0.3, 0.4) is 0 Å². The quantitative estimate of drug-likeness (QED) is 0.532. The molecule has 1 aromatic heterocycles. The van der Waals surface area contributed by atoms with Crippen LogP contribution in [0.1, 0.15) is 25.3 Å². The van der Waals surface area contributed by atoms with Gasteiger partial charge in [0, 0.05) is 15.7 Å². The highest BCUT2D eigenvalue weighted by Crippen LogP contribution is 2.28. The minimum atomic E-state index is -0.112. The van der Waals surface area contributed by atoms with Crippen LogP contribution in [-0.2, 0) is 4.79 Å². The van der Waals surface area contributed by atoms with Crippen molar-refractivity contribution >= 4 is 39.3 Å². The van der Waals surface area contributed by atoms with Crippen LogP contribution >= 0.6 is 27.7 Å². The number of rotatable bonds is 6. The summed E-state index contributed by atoms with van der Waals surface area (Å²) in [6.45, 7) is 4.19. The van der Waals surface area contributed by atoms with Crippen LogP contribution in [0.5, 0.6) is 0 Å². The summed E-state index contributed by atoms with van der Waals surface area (Å²) in [5, 5.41) is 11.3. The Morgan fingerprint density at radius 1 is 1.19 bits per heavy atom. The van der Waals surface area contributed by atoms with Crippen molar-refractivity contribution in [1.29, 1.82) is 0 Å². The minimum Gasteiger partial charge on any atom is -0.411 e. The molecule has 0 aliphatic rings. The van der Waals surface area contributed by atoms with Gasteiger partial charge < -0.3 is 9.73 Å². The summed E-state index contributed by atoms with van der Waals surface area (Å²) in [5.74, 6) is 0.839. The van der Waals surface area contributed by atoms with Gasteiger partial charge in [0.05, 0.1) is 5.75 Å². The summed E-state index contributed by atoms with van der Waals surface area (Å²) in [6.07, 6.45) is 0. The van der Waals surface area contributed by atoms with Gasteiger partial charge in [-0.15, -0.1) is 10.2 Å². The van der Waals surface area contributed by atoms with Gasteiger partial charge in [-0.3, -0.25) is 4.79 Å². The molecule has 2 aromatic carbocycles. The van der Waals surface area contributed by atoms with E-state index in [1.165, 1.54) is 11.8 Å². The van der Waals surface area contributed by atoms with Crippen LogP contribution in [-0.4, -0.2) is 21.9 Å². The van der Waals surface area contributed by atoms with E-state index in [-0.39, 0.29) is 11.7 Å². The van der Waals surface area contributed by atoms with Crippen LogP contribution in [0.25, 0.3) is 11.5 Å². The molecule has 3 rings (SSSR count). The highest BCUT2D eigenvalue weighted by atomic mass is 79.9. The first-order valence-electron chi connectivity index (χ1n) is 8.14. The van der Waals surface area contributed by atoms with Gasteiger partial charge in [0.25, 0.3) is 5.22 Å². The number of amides is 1. The summed E-state index contributed by atoms with van der Waals surface area (Å²) in [6, 6.07) is 15.4. The van der Waals surface area contributed by atoms with Crippen molar-refractivity contribution in [2.45, 2.75) is 25.0 Å². The molecule has 7 heteroatoms. The molecule has 0 saturated heterocycles. The average Bonchev–Trinajstić information content (AvgIpc) is 3.11. The average molecular weight is 432 g/mol. The zero-order valence-electron chi connectivity index (χ0n) is 14.4. The zero-order valence-corrected chi connectivity index (χ0v) is 16.8. The second-order valence-electron chi connectivity index (χ2n) is 5.96. The SMILES string of the molecule is CC(C)c1cc(Br)ccc1NC(=O)CSc1nnc(-c2ccccc2)o1. The van der Waals surface area contributed by atoms with Gasteiger partial charge in [-0.05, 0) is 41.8 Å². The van der Waals surface area contributed by atoms with Gasteiger partial charge in [0.2, 0.25) is 11.8 Å². The number of hydrogen-bond donors (Lipinski definition) is 1. The normalized spacial score (nSPS) is 10.9. The summed E-state index contributed by atoms with van der Waals surface area (Å²) in [4.78, 5) is 12.3. The summed E-state index contributed by atoms with van der Waals surface area (Å²) < 4.78 is 6.60. The maximum Gasteiger partial charge on any atom is 0.277 e. The van der Waals surface area contributed by atoms with E-state index in [1.807, 2.05) is 48.5 Å². The lowest BCUT2D eigenvalue weighted by Crippen LogP contribution is -2.15. The van der Waals surface area contributed by atoms with Crippen molar-refractivity contribution in [2.24, 2.45) is 0 Å². The molecule has 3 aromatic rings. The largest absolute Gasteiger partial charge is 0.411 e. The molecule has 0 saturated carbocycles. The van der Waals surface area contributed by atoms with E-state index < -0.39 is 0 Å². The van der Waals surface area contributed by atoms with E-state index in [0.717, 1.165) is 21.3 Å². The minimum absolute atomic E-state index is 0.112. The highest BCUT2D eigenvalue weighted by Gasteiger charge is 2.13. The topological polar surface area (TPSA) is 68.0 Å². The predicted molar refractivity (Wildman–Crippen MR) is 107 cm³/mol. The first kappa shape index (κ1) is 18.7. The molecule has 0 radical (unpaired) electrons. The second kappa shape index (κ2) is 8.51. The fraction of sp³-hybridized carbons (Fsp3) is 0.211. The number of aromatic nitrogens is 2. The number of thioether (sulfide) groups is 1. The molecule has 1 heterocycles. The molecule has 0 aliphatic heterocycles. The third-order valence-corrected chi connectivity index (χ3v) is 4.98. The molecular formula is C19H18BrN3O2S. The molecule has 0 spiro atoms. The summed E-state index contributed by atoms with van der Waals surface area (Å²) in [7, 11) is 0. The number of carbonyl (C=O) groups excluding carboxylic acids is 1. The van der Waals surface area contributed by atoms with Gasteiger partial charge in [-0.2, -0.15) is 0 Å². The van der Waals surface area contributed by atoms with E-state index in [9.17, 15) is 4.79 Å². The molecule has 0 aliphatic carbocycles. The molecule has 134 valence electrons. The molecule has 0 unspecified atom stereocenters. The lowest BCUT2D eigenvalue weighted by molar-refractivity contribution is -0.113. The Balaban J connectivity index is 1.61. The van der Waals surface area contributed by atoms with Crippen LogP contribution < -0.4 is 5.32 Å². The van der Waals surface area contributed by atoms with Gasteiger partial charge in [-0.1, -0.05) is 59.7 Å². The number of nitrogens with one attached hydrogen (secondary N) is 1. The number of benzene rings is 2. The molecule has 1 amide bonds. The standard InChI is InChI=1S/C19H18BrN3O2S/c1-12(2)15-10-14(20)8-9-16(15)21-17(24)11-26-19-23-22-18(25-19)13-6-4-3-5-7-13/h3-10,12H,11H2,1-2H3,(H,21,24). The lowest BCUT2D eigenvalue weighted by atomic mass is 10.0. The van der Waals surface area contributed by atoms with Gasteiger partial charge in [0.15, 0.2) is 0 Å². The lowest BCUT2D eigenvalue weighted by Gasteiger charge is -2.14. The third-order valence-electron chi connectivity index (χ3n) is 3.66.